The highest BCUT2D eigenvalue weighted by Crippen LogP contribution is 2.25. The molecule has 0 saturated carbocycles. The van der Waals surface area contributed by atoms with E-state index in [1.165, 1.54) is 12.1 Å². The third-order valence-electron chi connectivity index (χ3n) is 4.95. The molecule has 2 N–H and O–H groups in total. The molecule has 0 aliphatic carbocycles. The van der Waals surface area contributed by atoms with Crippen molar-refractivity contribution in [1.29, 1.82) is 0 Å². The number of carbonyl (C=O) groups is 2. The summed E-state index contributed by atoms with van der Waals surface area (Å²) in [6, 6.07) is 17.4. The first-order valence-corrected chi connectivity index (χ1v) is 10.5. The number of hydrogen-bond donors (Lipinski definition) is 2. The highest BCUT2D eigenvalue weighted by atomic mass is 19.1. The van der Waals surface area contributed by atoms with Crippen LogP contribution < -0.4 is 10.6 Å². The number of anilines is 1. The van der Waals surface area contributed by atoms with Crippen molar-refractivity contribution in [3.05, 3.63) is 66.5 Å². The molecule has 1 atom stereocenters. The zero-order chi connectivity index (χ0) is 22.2. The summed E-state index contributed by atoms with van der Waals surface area (Å²) in [5, 5.41) is 10.4. The fraction of sp³-hybridized carbons (Fsp3) is 0.292. The highest BCUT2D eigenvalue weighted by molar-refractivity contribution is 5.91. The molecule has 2 aromatic carbocycles. The van der Waals surface area contributed by atoms with Crippen LogP contribution in [0, 0.1) is 5.82 Å². The number of halogens is 1. The van der Waals surface area contributed by atoms with Crippen LogP contribution in [0.2, 0.25) is 0 Å². The lowest BCUT2D eigenvalue weighted by Gasteiger charge is -2.11. The number of carbonyl (C=O) groups excluding carboxylic acids is 2. The van der Waals surface area contributed by atoms with Gasteiger partial charge >= 0.3 is 0 Å². The van der Waals surface area contributed by atoms with Gasteiger partial charge in [0.25, 0.3) is 0 Å². The predicted octanol–water partition coefficient (Wildman–Crippen LogP) is 4.70. The molecule has 0 radical (unpaired) electrons. The van der Waals surface area contributed by atoms with Crippen molar-refractivity contribution in [2.45, 2.75) is 45.6 Å². The van der Waals surface area contributed by atoms with Crippen LogP contribution in [-0.2, 0) is 9.59 Å². The van der Waals surface area contributed by atoms with Crippen molar-refractivity contribution < 1.29 is 14.0 Å². The summed E-state index contributed by atoms with van der Waals surface area (Å²) < 4.78 is 14.9. The monoisotopic (exact) mass is 422 g/mol. The Bertz CT molecular complexity index is 1020. The lowest BCUT2D eigenvalue weighted by Crippen LogP contribution is -2.31. The largest absolute Gasteiger partial charge is 0.354 e. The molecule has 0 aliphatic rings. The molecule has 2 amide bonds. The second-order valence-corrected chi connectivity index (χ2v) is 7.45. The van der Waals surface area contributed by atoms with Crippen LogP contribution in [0.25, 0.3) is 16.9 Å². The van der Waals surface area contributed by atoms with Crippen molar-refractivity contribution in [3.63, 3.8) is 0 Å². The first-order chi connectivity index (χ1) is 15.0. The quantitative estimate of drug-likeness (QED) is 0.525. The van der Waals surface area contributed by atoms with E-state index in [1.54, 1.807) is 22.9 Å². The molecule has 162 valence electrons. The fourth-order valence-corrected chi connectivity index (χ4v) is 3.06. The SMILES string of the molecule is CCC(C)NC(=O)CCCC(=O)Nc1cc(-c2ccccc2)nn1-c1ccc(F)cc1. The molecule has 0 fully saturated rings. The number of nitrogens with zero attached hydrogens (tertiary/aromatic N) is 2. The summed E-state index contributed by atoms with van der Waals surface area (Å²) in [5.74, 6) is -0.121. The number of benzene rings is 2. The van der Waals surface area contributed by atoms with Gasteiger partial charge in [0.1, 0.15) is 11.6 Å². The molecule has 3 aromatic rings. The third-order valence-corrected chi connectivity index (χ3v) is 4.95. The van der Waals surface area contributed by atoms with Gasteiger partial charge in [0.05, 0.1) is 11.4 Å². The van der Waals surface area contributed by atoms with Gasteiger partial charge in [-0.05, 0) is 44.0 Å². The van der Waals surface area contributed by atoms with Crippen molar-refractivity contribution in [2.24, 2.45) is 0 Å². The summed E-state index contributed by atoms with van der Waals surface area (Å²) in [7, 11) is 0. The highest BCUT2D eigenvalue weighted by Gasteiger charge is 2.14. The summed E-state index contributed by atoms with van der Waals surface area (Å²) in [6.07, 6.45) is 1.82. The Morgan fingerprint density at radius 2 is 1.71 bits per heavy atom. The standard InChI is InChI=1S/C24H27FN4O2/c1-3-17(2)26-23(30)10-7-11-24(31)27-22-16-21(18-8-5-4-6-9-18)28-29(22)20-14-12-19(25)13-15-20/h4-6,8-9,12-17H,3,7,10-11H2,1-2H3,(H,26,30)(H,27,31). The number of amides is 2. The summed E-state index contributed by atoms with van der Waals surface area (Å²) >= 11 is 0. The fourth-order valence-electron chi connectivity index (χ4n) is 3.06. The second-order valence-electron chi connectivity index (χ2n) is 7.45. The van der Waals surface area contributed by atoms with Crippen LogP contribution in [0.15, 0.2) is 60.7 Å². The Balaban J connectivity index is 1.71. The van der Waals surface area contributed by atoms with Gasteiger partial charge in [-0.25, -0.2) is 9.07 Å². The van der Waals surface area contributed by atoms with Crippen LogP contribution >= 0.6 is 0 Å². The number of rotatable bonds is 9. The topological polar surface area (TPSA) is 76.0 Å². The second kappa shape index (κ2) is 10.5. The third kappa shape index (κ3) is 6.25. The molecule has 0 aliphatic heterocycles. The molecule has 1 aromatic heterocycles. The minimum Gasteiger partial charge on any atom is -0.354 e. The molecule has 0 spiro atoms. The van der Waals surface area contributed by atoms with E-state index in [2.05, 4.69) is 15.7 Å². The zero-order valence-electron chi connectivity index (χ0n) is 17.8. The minimum absolute atomic E-state index is 0.0510. The van der Waals surface area contributed by atoms with Crippen LogP contribution in [-0.4, -0.2) is 27.6 Å². The molecule has 1 unspecified atom stereocenters. The van der Waals surface area contributed by atoms with E-state index < -0.39 is 0 Å². The Morgan fingerprint density at radius 1 is 1.03 bits per heavy atom. The van der Waals surface area contributed by atoms with Crippen LogP contribution in [0.4, 0.5) is 10.2 Å². The van der Waals surface area contributed by atoms with E-state index in [4.69, 9.17) is 0 Å². The van der Waals surface area contributed by atoms with Crippen LogP contribution in [0.3, 0.4) is 0 Å². The van der Waals surface area contributed by atoms with Crippen molar-refractivity contribution >= 4 is 17.6 Å². The van der Waals surface area contributed by atoms with Gasteiger partial charge in [0.2, 0.25) is 11.8 Å². The molecule has 31 heavy (non-hydrogen) atoms. The molecule has 3 rings (SSSR count). The number of hydrogen-bond acceptors (Lipinski definition) is 3. The maximum absolute atomic E-state index is 13.4. The molecule has 0 bridgehead atoms. The summed E-state index contributed by atoms with van der Waals surface area (Å²) in [6.45, 7) is 3.96. The number of aromatic nitrogens is 2. The van der Waals surface area contributed by atoms with E-state index >= 15 is 0 Å². The predicted molar refractivity (Wildman–Crippen MR) is 119 cm³/mol. The van der Waals surface area contributed by atoms with E-state index in [9.17, 15) is 14.0 Å². The van der Waals surface area contributed by atoms with Crippen LogP contribution in [0.5, 0.6) is 0 Å². The van der Waals surface area contributed by atoms with Gasteiger partial charge in [-0.2, -0.15) is 5.10 Å². The lowest BCUT2D eigenvalue weighted by atomic mass is 10.1. The van der Waals surface area contributed by atoms with Crippen molar-refractivity contribution in [1.82, 2.24) is 15.1 Å². The Kier molecular flexibility index (Phi) is 7.54. The molecule has 1 heterocycles. The van der Waals surface area contributed by atoms with Crippen LogP contribution in [0.1, 0.15) is 39.5 Å². The summed E-state index contributed by atoms with van der Waals surface area (Å²) in [5.41, 5.74) is 2.22. The van der Waals surface area contributed by atoms with Gasteiger partial charge in [-0.15, -0.1) is 0 Å². The molecular weight excluding hydrogens is 395 g/mol. The first kappa shape index (κ1) is 22.2. The first-order valence-electron chi connectivity index (χ1n) is 10.5. The number of nitrogens with one attached hydrogen (secondary N) is 2. The van der Waals surface area contributed by atoms with E-state index in [1.807, 2.05) is 44.2 Å². The van der Waals surface area contributed by atoms with E-state index in [0.717, 1.165) is 12.0 Å². The summed E-state index contributed by atoms with van der Waals surface area (Å²) in [4.78, 5) is 24.4. The van der Waals surface area contributed by atoms with E-state index in [0.29, 0.717) is 30.0 Å². The van der Waals surface area contributed by atoms with Crippen molar-refractivity contribution in [3.8, 4) is 16.9 Å². The maximum atomic E-state index is 13.4. The van der Waals surface area contributed by atoms with Gasteiger partial charge < -0.3 is 10.6 Å². The van der Waals surface area contributed by atoms with Gasteiger partial charge in [-0.1, -0.05) is 37.3 Å². The minimum atomic E-state index is -0.347. The Hall–Kier alpha value is -3.48. The van der Waals surface area contributed by atoms with Gasteiger partial charge in [-0.3, -0.25) is 9.59 Å². The smallest absolute Gasteiger partial charge is 0.225 e. The van der Waals surface area contributed by atoms with Gasteiger partial charge in [0.15, 0.2) is 0 Å². The van der Waals surface area contributed by atoms with E-state index in [-0.39, 0.29) is 30.1 Å². The maximum Gasteiger partial charge on any atom is 0.225 e. The zero-order valence-corrected chi connectivity index (χ0v) is 17.8. The lowest BCUT2D eigenvalue weighted by molar-refractivity contribution is -0.122. The Labute approximate surface area is 181 Å². The molecular formula is C24H27FN4O2. The Morgan fingerprint density at radius 3 is 2.39 bits per heavy atom. The average molecular weight is 423 g/mol. The average Bonchev–Trinajstić information content (AvgIpc) is 3.18. The normalized spacial score (nSPS) is 11.7. The molecule has 6 nitrogen and oxygen atoms in total. The van der Waals surface area contributed by atoms with Gasteiger partial charge in [0, 0.05) is 30.5 Å². The molecule has 0 saturated heterocycles. The molecule has 7 heteroatoms. The van der Waals surface area contributed by atoms with Crippen molar-refractivity contribution in [2.75, 3.05) is 5.32 Å².